The highest BCUT2D eigenvalue weighted by molar-refractivity contribution is 5.94. The van der Waals surface area contributed by atoms with Gasteiger partial charge in [0.25, 0.3) is 6.10 Å². The maximum atomic E-state index is 12.5. The van der Waals surface area contributed by atoms with Crippen LogP contribution in [0.4, 0.5) is 37.0 Å². The van der Waals surface area contributed by atoms with Crippen molar-refractivity contribution in [2.24, 2.45) is 11.3 Å². The summed E-state index contributed by atoms with van der Waals surface area (Å²) in [6.07, 6.45) is -14.9. The van der Waals surface area contributed by atoms with Crippen LogP contribution in [-0.4, -0.2) is 58.6 Å². The molecule has 2 fully saturated rings. The lowest BCUT2D eigenvalue weighted by atomic mass is 9.91. The van der Waals surface area contributed by atoms with Gasteiger partial charge in [0.2, 0.25) is 5.91 Å². The first kappa shape index (κ1) is 21.1. The fourth-order valence-corrected chi connectivity index (χ4v) is 3.48. The molecule has 1 N–H and O–H groups in total. The van der Waals surface area contributed by atoms with E-state index in [1.807, 2.05) is 0 Å². The van der Waals surface area contributed by atoms with Crippen molar-refractivity contribution in [3.63, 3.8) is 0 Å². The second-order valence-corrected chi connectivity index (χ2v) is 7.05. The van der Waals surface area contributed by atoms with Gasteiger partial charge in [-0.1, -0.05) is 0 Å². The van der Waals surface area contributed by atoms with E-state index < -0.39 is 30.0 Å². The Morgan fingerprint density at radius 3 is 2.31 bits per heavy atom. The summed E-state index contributed by atoms with van der Waals surface area (Å²) in [5, 5.41) is 9.96. The molecule has 7 nitrogen and oxygen atoms in total. The first-order valence-corrected chi connectivity index (χ1v) is 8.60. The summed E-state index contributed by atoms with van der Waals surface area (Å²) in [6, 6.07) is 3.14. The second-order valence-electron chi connectivity index (χ2n) is 7.05. The zero-order chi connectivity index (χ0) is 21.4. The maximum Gasteiger partial charge on any atom is 0.434 e. The molecule has 1 saturated heterocycles. The predicted molar refractivity (Wildman–Crippen MR) is 84.4 cm³/mol. The third-order valence-corrected chi connectivity index (χ3v) is 5.16. The molecule has 0 bridgehead atoms. The average molecular weight is 426 g/mol. The number of aromatic nitrogens is 2. The fourth-order valence-electron chi connectivity index (χ4n) is 3.48. The average Bonchev–Trinajstić information content (AvgIpc) is 3.32. The van der Waals surface area contributed by atoms with Gasteiger partial charge in [0.1, 0.15) is 0 Å². The van der Waals surface area contributed by atoms with Crippen molar-refractivity contribution in [3.05, 3.63) is 18.3 Å². The van der Waals surface area contributed by atoms with Crippen LogP contribution in [0.5, 0.6) is 0 Å². The van der Waals surface area contributed by atoms with Crippen LogP contribution < -0.4 is 5.32 Å². The summed E-state index contributed by atoms with van der Waals surface area (Å²) in [5.74, 6) is -0.401. The first-order chi connectivity index (χ1) is 13.4. The molecule has 2 aliphatic rings. The predicted octanol–water partition coefficient (Wildman–Crippen LogP) is 3.15. The van der Waals surface area contributed by atoms with E-state index in [4.69, 9.17) is 0 Å². The Morgan fingerprint density at radius 2 is 1.79 bits per heavy atom. The van der Waals surface area contributed by atoms with Gasteiger partial charge in [-0.3, -0.25) is 4.79 Å². The quantitative estimate of drug-likeness (QED) is 0.751. The van der Waals surface area contributed by atoms with Crippen LogP contribution in [0.2, 0.25) is 0 Å². The van der Waals surface area contributed by atoms with Crippen molar-refractivity contribution in [1.29, 1.82) is 0 Å². The van der Waals surface area contributed by atoms with E-state index in [2.05, 4.69) is 20.3 Å². The van der Waals surface area contributed by atoms with E-state index in [0.717, 1.165) is 4.90 Å². The van der Waals surface area contributed by atoms with Crippen molar-refractivity contribution in [3.8, 4) is 0 Å². The standard InChI is InChI=1S/C16H16F6N4O3/c17-15(18,19)12(16(20,21)22)29-13(28)26-6-3-14(4-7-26)8-9(14)11(27)24-10-2-1-5-23-25-10/h1-2,5,9,12H,3-4,6-8H2,(H,24,25,27). The Kier molecular flexibility index (Phi) is 5.34. The van der Waals surface area contributed by atoms with E-state index >= 15 is 0 Å². The normalized spacial score (nSPS) is 21.2. The number of nitrogens with one attached hydrogen (secondary N) is 1. The Labute approximate surface area is 160 Å². The van der Waals surface area contributed by atoms with Crippen LogP contribution >= 0.6 is 0 Å². The van der Waals surface area contributed by atoms with Crippen LogP contribution in [-0.2, 0) is 9.53 Å². The third-order valence-electron chi connectivity index (χ3n) is 5.16. The lowest BCUT2D eigenvalue weighted by molar-refractivity contribution is -0.308. The Morgan fingerprint density at radius 1 is 1.17 bits per heavy atom. The highest BCUT2D eigenvalue weighted by Crippen LogP contribution is 2.59. The minimum Gasteiger partial charge on any atom is -0.426 e. The lowest BCUT2D eigenvalue weighted by Crippen LogP contribution is -2.49. The zero-order valence-electron chi connectivity index (χ0n) is 14.8. The van der Waals surface area contributed by atoms with E-state index in [9.17, 15) is 35.9 Å². The molecule has 160 valence electrons. The molecule has 1 aromatic heterocycles. The fraction of sp³-hybridized carbons (Fsp3) is 0.625. The van der Waals surface area contributed by atoms with Gasteiger partial charge in [-0.2, -0.15) is 31.4 Å². The van der Waals surface area contributed by atoms with Gasteiger partial charge in [-0.15, -0.1) is 5.10 Å². The molecule has 0 radical (unpaired) electrons. The smallest absolute Gasteiger partial charge is 0.426 e. The minimum atomic E-state index is -5.76. The first-order valence-electron chi connectivity index (χ1n) is 8.60. The van der Waals surface area contributed by atoms with Gasteiger partial charge >= 0.3 is 18.4 Å². The lowest BCUT2D eigenvalue weighted by Gasteiger charge is -2.33. The molecule has 3 rings (SSSR count). The Balaban J connectivity index is 1.53. The molecule has 1 saturated carbocycles. The number of hydrogen-bond acceptors (Lipinski definition) is 5. The van der Waals surface area contributed by atoms with Crippen LogP contribution in [0.3, 0.4) is 0 Å². The molecule has 0 aromatic carbocycles. The molecule has 2 heterocycles. The highest BCUT2D eigenvalue weighted by Gasteiger charge is 2.61. The van der Waals surface area contributed by atoms with E-state index in [1.54, 1.807) is 12.1 Å². The molecule has 13 heteroatoms. The molecule has 1 unspecified atom stereocenters. The number of piperidine rings is 1. The third kappa shape index (κ3) is 4.70. The van der Waals surface area contributed by atoms with Gasteiger partial charge < -0.3 is 15.0 Å². The van der Waals surface area contributed by atoms with Crippen LogP contribution in [0.1, 0.15) is 19.3 Å². The SMILES string of the molecule is O=C(Nc1cccnn1)C1CC12CCN(C(=O)OC(C(F)(F)F)C(F)(F)F)CC2. The zero-order valence-corrected chi connectivity index (χ0v) is 14.8. The van der Waals surface area contributed by atoms with Gasteiger partial charge in [0, 0.05) is 25.2 Å². The van der Waals surface area contributed by atoms with Crippen LogP contribution in [0.25, 0.3) is 0 Å². The number of halogens is 6. The summed E-state index contributed by atoms with van der Waals surface area (Å²) in [7, 11) is 0. The van der Waals surface area contributed by atoms with Crippen molar-refractivity contribution in [2.75, 3.05) is 18.4 Å². The Hall–Kier alpha value is -2.60. The van der Waals surface area contributed by atoms with Crippen molar-refractivity contribution in [1.82, 2.24) is 15.1 Å². The van der Waals surface area contributed by atoms with Crippen molar-refractivity contribution < 1.29 is 40.7 Å². The van der Waals surface area contributed by atoms with Crippen LogP contribution in [0, 0.1) is 11.3 Å². The number of carbonyl (C=O) groups is 2. The molecule has 1 atom stereocenters. The number of rotatable bonds is 3. The molecular weight excluding hydrogens is 410 g/mol. The van der Waals surface area contributed by atoms with E-state index in [1.165, 1.54) is 6.20 Å². The number of ether oxygens (including phenoxy) is 1. The number of alkyl halides is 6. The number of likely N-dealkylation sites (tertiary alicyclic amines) is 1. The summed E-state index contributed by atoms with van der Waals surface area (Å²) >= 11 is 0. The van der Waals surface area contributed by atoms with Gasteiger partial charge in [-0.25, -0.2) is 4.79 Å². The molecule has 2 amide bonds. The molecular formula is C16H16F6N4O3. The minimum absolute atomic E-state index is 0.101. The summed E-state index contributed by atoms with van der Waals surface area (Å²) in [6.45, 7) is -0.202. The maximum absolute atomic E-state index is 12.5. The monoisotopic (exact) mass is 426 g/mol. The highest BCUT2D eigenvalue weighted by atomic mass is 19.4. The molecule has 1 aromatic rings. The molecule has 29 heavy (non-hydrogen) atoms. The summed E-state index contributed by atoms with van der Waals surface area (Å²) < 4.78 is 78.9. The number of hydrogen-bond donors (Lipinski definition) is 1. The summed E-state index contributed by atoms with van der Waals surface area (Å²) in [4.78, 5) is 24.9. The van der Waals surface area contributed by atoms with Crippen LogP contribution in [0.15, 0.2) is 18.3 Å². The van der Waals surface area contributed by atoms with Gasteiger partial charge in [0.15, 0.2) is 5.82 Å². The second kappa shape index (κ2) is 7.34. The molecule has 1 spiro atoms. The van der Waals surface area contributed by atoms with Gasteiger partial charge in [-0.05, 0) is 36.8 Å². The topological polar surface area (TPSA) is 84.4 Å². The summed E-state index contributed by atoms with van der Waals surface area (Å²) in [5.41, 5.74) is -0.434. The number of anilines is 1. The van der Waals surface area contributed by atoms with Crippen molar-refractivity contribution in [2.45, 2.75) is 37.7 Å². The van der Waals surface area contributed by atoms with Crippen molar-refractivity contribution >= 4 is 17.8 Å². The number of nitrogens with zero attached hydrogens (tertiary/aromatic N) is 3. The number of amides is 2. The Bertz CT molecular complexity index is 748. The van der Waals surface area contributed by atoms with E-state index in [0.29, 0.717) is 6.42 Å². The molecule has 1 aliphatic carbocycles. The van der Waals surface area contributed by atoms with Gasteiger partial charge in [0.05, 0.1) is 0 Å². The molecule has 1 aliphatic heterocycles. The number of carbonyl (C=O) groups excluding carboxylic acids is 2. The van der Waals surface area contributed by atoms with E-state index in [-0.39, 0.29) is 43.6 Å². The largest absolute Gasteiger partial charge is 0.434 e.